The molecule has 1 aliphatic rings. The van der Waals surface area contributed by atoms with Gasteiger partial charge in [0.15, 0.2) is 6.04 Å². The largest absolute Gasteiger partial charge is 0.592 e. The van der Waals surface area contributed by atoms with Gasteiger partial charge in [-0.3, -0.25) is 4.79 Å². The van der Waals surface area contributed by atoms with Crippen molar-refractivity contribution in [3.8, 4) is 0 Å². The van der Waals surface area contributed by atoms with Crippen LogP contribution in [0.4, 0.5) is 5.00 Å². The maximum Gasteiger partial charge on any atom is 0.328 e. The second-order valence-electron chi connectivity index (χ2n) is 3.48. The molecule has 0 spiro atoms. The molecule has 2 atom stereocenters. The molecule has 6 nitrogen and oxygen atoms in total. The minimum atomic E-state index is -1.49. The van der Waals surface area contributed by atoms with Crippen molar-refractivity contribution in [3.05, 3.63) is 12.1 Å². The number of rotatable bonds is 3. The smallest absolute Gasteiger partial charge is 0.328 e. The normalized spacial score (nSPS) is 23.5. The fourth-order valence-corrected chi connectivity index (χ4v) is 3.93. The second-order valence-corrected chi connectivity index (χ2v) is 6.26. The molecule has 0 saturated carbocycles. The molecular formula is C9H12N2O4S2. The zero-order chi connectivity index (χ0) is 12.4. The highest BCUT2D eigenvalue weighted by Gasteiger charge is 2.38. The summed E-state index contributed by atoms with van der Waals surface area (Å²) in [5.74, 6) is -1.03. The number of nitrogens with zero attached hydrogens (tertiary/aromatic N) is 1. The van der Waals surface area contributed by atoms with Crippen molar-refractivity contribution in [2.24, 2.45) is 0 Å². The van der Waals surface area contributed by atoms with Crippen LogP contribution in [0.25, 0.3) is 0 Å². The van der Waals surface area contributed by atoms with Gasteiger partial charge < -0.3 is 20.1 Å². The average molecular weight is 276 g/mol. The zero-order valence-electron chi connectivity index (χ0n) is 8.87. The molecule has 17 heavy (non-hydrogen) atoms. The maximum atomic E-state index is 12.2. The summed E-state index contributed by atoms with van der Waals surface area (Å²) in [7, 11) is 0. The van der Waals surface area contributed by atoms with Crippen LogP contribution in [0.1, 0.15) is 0 Å². The van der Waals surface area contributed by atoms with Crippen molar-refractivity contribution in [2.45, 2.75) is 10.3 Å². The van der Waals surface area contributed by atoms with Crippen molar-refractivity contribution in [1.82, 2.24) is 4.31 Å². The molecule has 0 aromatic carbocycles. The number of carboxylic acid groups (broad SMARTS) is 1. The number of thiophene rings is 1. The van der Waals surface area contributed by atoms with Crippen LogP contribution >= 0.6 is 11.3 Å². The van der Waals surface area contributed by atoms with E-state index >= 15 is 0 Å². The maximum absolute atomic E-state index is 12.2. The number of nitrogen functional groups attached to an aromatic ring is 1. The molecule has 2 rings (SSSR count). The van der Waals surface area contributed by atoms with E-state index in [-0.39, 0.29) is 6.61 Å². The Morgan fingerprint density at radius 1 is 1.71 bits per heavy atom. The average Bonchev–Trinajstić information content (AvgIpc) is 2.75. The van der Waals surface area contributed by atoms with Crippen LogP contribution in [0.3, 0.4) is 0 Å². The molecule has 1 aliphatic heterocycles. The number of carbonyl (C=O) groups is 1. The highest BCUT2D eigenvalue weighted by Crippen LogP contribution is 2.28. The van der Waals surface area contributed by atoms with E-state index in [0.29, 0.717) is 22.4 Å². The number of hydrogen-bond acceptors (Lipinski definition) is 6. The summed E-state index contributed by atoms with van der Waals surface area (Å²) in [5, 5.41) is 9.60. The van der Waals surface area contributed by atoms with E-state index < -0.39 is 23.4 Å². The molecule has 3 N–H and O–H groups in total. The van der Waals surface area contributed by atoms with E-state index in [1.807, 2.05) is 0 Å². The second kappa shape index (κ2) is 5.23. The van der Waals surface area contributed by atoms with Gasteiger partial charge in [0.05, 0.1) is 36.1 Å². The Labute approximate surface area is 105 Å². The Balaban J connectivity index is 2.16. The van der Waals surface area contributed by atoms with Crippen molar-refractivity contribution >= 4 is 33.7 Å². The number of hydrogen-bond donors (Lipinski definition) is 2. The first-order valence-corrected chi connectivity index (χ1v) is 6.86. The summed E-state index contributed by atoms with van der Waals surface area (Å²) in [4.78, 5) is 11.0. The van der Waals surface area contributed by atoms with Crippen LogP contribution in [-0.4, -0.2) is 45.7 Å². The van der Waals surface area contributed by atoms with E-state index in [0.717, 1.165) is 0 Å². The van der Waals surface area contributed by atoms with E-state index in [9.17, 15) is 9.35 Å². The number of ether oxygens (including phenoxy) is 1. The van der Waals surface area contributed by atoms with Gasteiger partial charge in [-0.25, -0.2) is 0 Å². The van der Waals surface area contributed by atoms with E-state index in [1.54, 1.807) is 12.1 Å². The molecule has 2 heterocycles. The van der Waals surface area contributed by atoms with Crippen LogP contribution < -0.4 is 5.73 Å². The zero-order valence-corrected chi connectivity index (χ0v) is 10.5. The molecule has 0 amide bonds. The molecular weight excluding hydrogens is 264 g/mol. The Hall–Kier alpha value is -0.800. The third kappa shape index (κ3) is 2.72. The van der Waals surface area contributed by atoms with Crippen molar-refractivity contribution < 1.29 is 19.2 Å². The monoisotopic (exact) mass is 276 g/mol. The number of anilines is 1. The number of carboxylic acids is 1. The standard InChI is InChI=1S/C9H12N2O4S2/c10-7-1-2-8(16-7)17(14)11-3-4-15-5-6(11)9(12)13/h1-2,6H,3-5,10H2,(H,12,13). The summed E-state index contributed by atoms with van der Waals surface area (Å²) in [6.07, 6.45) is 0. The lowest BCUT2D eigenvalue weighted by molar-refractivity contribution is -0.146. The Morgan fingerprint density at radius 2 is 2.47 bits per heavy atom. The highest BCUT2D eigenvalue weighted by atomic mass is 32.2. The molecule has 8 heteroatoms. The fraction of sp³-hybridized carbons (Fsp3) is 0.444. The Kier molecular flexibility index (Phi) is 3.89. The minimum Gasteiger partial charge on any atom is -0.592 e. The molecule has 1 saturated heterocycles. The highest BCUT2D eigenvalue weighted by molar-refractivity contribution is 7.91. The summed E-state index contributed by atoms with van der Waals surface area (Å²) >= 11 is -0.283. The minimum absolute atomic E-state index is 0.0575. The van der Waals surface area contributed by atoms with Gasteiger partial charge in [-0.2, -0.15) is 0 Å². The Morgan fingerprint density at radius 3 is 3.06 bits per heavy atom. The predicted octanol–water partition coefficient (Wildman–Crippen LogP) is 0.138. The van der Waals surface area contributed by atoms with Gasteiger partial charge in [0.25, 0.3) is 0 Å². The molecule has 94 valence electrons. The lowest BCUT2D eigenvalue weighted by Crippen LogP contribution is -2.52. The van der Waals surface area contributed by atoms with Gasteiger partial charge in [0.2, 0.25) is 4.21 Å². The fourth-order valence-electron chi connectivity index (χ4n) is 1.53. The third-order valence-corrected chi connectivity index (χ3v) is 5.08. The molecule has 0 radical (unpaired) electrons. The first-order chi connectivity index (χ1) is 8.09. The lowest BCUT2D eigenvalue weighted by atomic mass is 10.3. The Bertz CT molecular complexity index is 411. The first kappa shape index (κ1) is 12.7. The van der Waals surface area contributed by atoms with Crippen molar-refractivity contribution in [2.75, 3.05) is 25.5 Å². The molecule has 0 aliphatic carbocycles. The predicted molar refractivity (Wildman–Crippen MR) is 64.1 cm³/mol. The van der Waals surface area contributed by atoms with Crippen molar-refractivity contribution in [1.29, 1.82) is 0 Å². The van der Waals surface area contributed by atoms with Gasteiger partial charge in [0.1, 0.15) is 0 Å². The van der Waals surface area contributed by atoms with Gasteiger partial charge in [-0.1, -0.05) is 11.3 Å². The van der Waals surface area contributed by atoms with E-state index in [2.05, 4.69) is 0 Å². The van der Waals surface area contributed by atoms with E-state index in [1.165, 1.54) is 15.6 Å². The molecule has 2 unspecified atom stereocenters. The number of aliphatic carboxylic acids is 1. The molecule has 1 aromatic heterocycles. The number of nitrogens with two attached hydrogens (primary N) is 1. The summed E-state index contributed by atoms with van der Waals surface area (Å²) in [5.41, 5.74) is 5.56. The van der Waals surface area contributed by atoms with Gasteiger partial charge in [0, 0.05) is 6.07 Å². The SMILES string of the molecule is Nc1ccc([S+]([O-])N2CCOCC2C(=O)O)s1. The van der Waals surface area contributed by atoms with Crippen molar-refractivity contribution in [3.63, 3.8) is 0 Å². The van der Waals surface area contributed by atoms with Crippen LogP contribution in [0.5, 0.6) is 0 Å². The molecule has 1 fully saturated rings. The molecule has 0 bridgehead atoms. The van der Waals surface area contributed by atoms with Gasteiger partial charge in [-0.15, -0.1) is 4.31 Å². The third-order valence-electron chi connectivity index (χ3n) is 2.35. The summed E-state index contributed by atoms with van der Waals surface area (Å²) in [6, 6.07) is 2.45. The van der Waals surface area contributed by atoms with Crippen LogP contribution in [0.2, 0.25) is 0 Å². The quantitative estimate of drug-likeness (QED) is 0.762. The molecule has 1 aromatic rings. The van der Waals surface area contributed by atoms with Gasteiger partial charge >= 0.3 is 5.97 Å². The van der Waals surface area contributed by atoms with Crippen LogP contribution in [0.15, 0.2) is 16.3 Å². The topological polar surface area (TPSA) is 98.9 Å². The van der Waals surface area contributed by atoms with Gasteiger partial charge in [-0.05, 0) is 6.07 Å². The van der Waals surface area contributed by atoms with Crippen LogP contribution in [0, 0.1) is 0 Å². The summed E-state index contributed by atoms with van der Waals surface area (Å²) < 4.78 is 19.3. The number of morpholine rings is 1. The van der Waals surface area contributed by atoms with Crippen LogP contribution in [-0.2, 0) is 20.9 Å². The van der Waals surface area contributed by atoms with E-state index in [4.69, 9.17) is 15.6 Å². The lowest BCUT2D eigenvalue weighted by Gasteiger charge is -2.31. The first-order valence-electron chi connectivity index (χ1n) is 4.94. The summed E-state index contributed by atoms with van der Waals surface area (Å²) in [6.45, 7) is 0.777.